The molecule has 3 aromatic rings. The number of benzene rings is 2. The number of nitrogens with zero attached hydrogens (tertiary/aromatic N) is 3. The minimum Gasteiger partial charge on any atom is -0.494 e. The molecule has 0 aliphatic carbocycles. The largest absolute Gasteiger partial charge is 0.494 e. The molecular weight excluding hydrogens is 336 g/mol. The summed E-state index contributed by atoms with van der Waals surface area (Å²) in [6.45, 7) is 2.62. The summed E-state index contributed by atoms with van der Waals surface area (Å²) in [6.07, 6.45) is 2.39. The zero-order chi connectivity index (χ0) is 17.2. The molecule has 0 fully saturated rings. The molecule has 2 aromatic carbocycles. The van der Waals surface area contributed by atoms with E-state index in [1.54, 1.807) is 6.33 Å². The second-order valence-corrected chi connectivity index (χ2v) is 6.38. The molecule has 5 nitrogen and oxygen atoms in total. The van der Waals surface area contributed by atoms with Crippen molar-refractivity contribution in [2.24, 2.45) is 0 Å². The van der Waals surface area contributed by atoms with Crippen LogP contribution in [0, 0.1) is 0 Å². The van der Waals surface area contributed by atoms with Crippen molar-refractivity contribution < 1.29 is 4.74 Å². The number of rotatable bonds is 4. The van der Waals surface area contributed by atoms with Crippen molar-refractivity contribution in [3.63, 3.8) is 0 Å². The molecule has 0 amide bonds. The van der Waals surface area contributed by atoms with E-state index in [0.29, 0.717) is 6.61 Å². The van der Waals surface area contributed by atoms with E-state index >= 15 is 0 Å². The average Bonchev–Trinajstić information content (AvgIpc) is 3.11. The Balaban J connectivity index is 1.77. The Bertz CT molecular complexity index is 879. The summed E-state index contributed by atoms with van der Waals surface area (Å²) in [4.78, 5) is 4.37. The number of hydrogen-bond acceptors (Lipinski definition) is 4. The maximum absolute atomic E-state index is 6.43. The molecule has 0 saturated carbocycles. The van der Waals surface area contributed by atoms with Crippen LogP contribution in [-0.2, 0) is 0 Å². The lowest BCUT2D eigenvalue weighted by molar-refractivity contribution is 0.325. The minimum absolute atomic E-state index is 0.0303. The summed E-state index contributed by atoms with van der Waals surface area (Å²) in [6, 6.07) is 16.1. The first kappa shape index (κ1) is 16.0. The number of hydrogen-bond donors (Lipinski definition) is 1. The lowest BCUT2D eigenvalue weighted by atomic mass is 9.93. The molecule has 0 bridgehead atoms. The number of ether oxygens (including phenoxy) is 1. The van der Waals surface area contributed by atoms with Crippen molar-refractivity contribution in [3.8, 4) is 5.75 Å². The average molecular weight is 355 g/mol. The number of para-hydroxylation sites is 1. The predicted octanol–water partition coefficient (Wildman–Crippen LogP) is 4.48. The number of nitrogens with one attached hydrogen (secondary N) is 1. The normalized spacial score (nSPS) is 19.1. The Kier molecular flexibility index (Phi) is 4.32. The van der Waals surface area contributed by atoms with E-state index in [2.05, 4.69) is 27.5 Å². The fourth-order valence-electron chi connectivity index (χ4n) is 3.38. The van der Waals surface area contributed by atoms with E-state index in [0.717, 1.165) is 34.3 Å². The molecule has 1 aromatic heterocycles. The monoisotopic (exact) mass is 354 g/mol. The fraction of sp³-hybridized carbons (Fsp3) is 0.263. The van der Waals surface area contributed by atoms with Crippen LogP contribution in [0.25, 0.3) is 0 Å². The molecule has 0 spiro atoms. The van der Waals surface area contributed by atoms with E-state index in [9.17, 15) is 0 Å². The van der Waals surface area contributed by atoms with Gasteiger partial charge in [0.1, 0.15) is 12.1 Å². The van der Waals surface area contributed by atoms with Gasteiger partial charge in [-0.1, -0.05) is 48.0 Å². The van der Waals surface area contributed by atoms with Gasteiger partial charge in [0.05, 0.1) is 18.7 Å². The Morgan fingerprint density at radius 1 is 1.16 bits per heavy atom. The highest BCUT2D eigenvalue weighted by molar-refractivity contribution is 6.31. The summed E-state index contributed by atoms with van der Waals surface area (Å²) >= 11 is 6.43. The lowest BCUT2D eigenvalue weighted by Gasteiger charge is -2.32. The highest BCUT2D eigenvalue weighted by Gasteiger charge is 2.32. The Hall–Kier alpha value is -2.53. The molecule has 25 heavy (non-hydrogen) atoms. The van der Waals surface area contributed by atoms with Crippen molar-refractivity contribution in [1.29, 1.82) is 0 Å². The standard InChI is InChI=1S/C19H19ClN4O/c1-2-25-18-10-6-4-8-14(18)17-11-16(13-7-3-5-9-15(13)20)23-19-21-12-22-24(17)19/h3-10,12,16-17H,2,11H2,1H3,(H,21,22,23). The van der Waals surface area contributed by atoms with Crippen LogP contribution in [0.4, 0.5) is 5.95 Å². The number of aromatic nitrogens is 3. The van der Waals surface area contributed by atoms with Gasteiger partial charge >= 0.3 is 0 Å². The van der Waals surface area contributed by atoms with Gasteiger partial charge in [-0.2, -0.15) is 10.1 Å². The van der Waals surface area contributed by atoms with Crippen LogP contribution >= 0.6 is 11.6 Å². The van der Waals surface area contributed by atoms with E-state index < -0.39 is 0 Å². The third kappa shape index (κ3) is 2.96. The summed E-state index contributed by atoms with van der Waals surface area (Å²) in [5.74, 6) is 1.63. The molecule has 2 unspecified atom stereocenters. The molecule has 2 atom stereocenters. The van der Waals surface area contributed by atoms with E-state index in [1.165, 1.54) is 0 Å². The molecule has 2 heterocycles. The SMILES string of the molecule is CCOc1ccccc1C1CC(c2ccccc2Cl)Nc2ncnn21. The summed E-state index contributed by atoms with van der Waals surface area (Å²) in [5.41, 5.74) is 2.17. The van der Waals surface area contributed by atoms with Gasteiger partial charge in [0.2, 0.25) is 5.95 Å². The number of anilines is 1. The topological polar surface area (TPSA) is 52.0 Å². The molecule has 1 N–H and O–H groups in total. The summed E-state index contributed by atoms with van der Waals surface area (Å²) in [5, 5.41) is 8.62. The van der Waals surface area contributed by atoms with Crippen LogP contribution < -0.4 is 10.1 Å². The Morgan fingerprint density at radius 3 is 2.72 bits per heavy atom. The highest BCUT2D eigenvalue weighted by Crippen LogP contribution is 2.41. The van der Waals surface area contributed by atoms with Gasteiger partial charge < -0.3 is 10.1 Å². The van der Waals surface area contributed by atoms with Crippen molar-refractivity contribution in [2.45, 2.75) is 25.4 Å². The minimum atomic E-state index is 0.0303. The lowest BCUT2D eigenvalue weighted by Crippen LogP contribution is -2.28. The number of fused-ring (bicyclic) bond motifs is 1. The van der Waals surface area contributed by atoms with E-state index in [1.807, 2.05) is 48.0 Å². The van der Waals surface area contributed by atoms with Gasteiger partial charge in [-0.25, -0.2) is 4.68 Å². The van der Waals surface area contributed by atoms with Crippen LogP contribution in [0.5, 0.6) is 5.75 Å². The summed E-state index contributed by atoms with van der Waals surface area (Å²) < 4.78 is 7.76. The molecule has 1 aliphatic heterocycles. The first-order valence-electron chi connectivity index (χ1n) is 8.40. The molecule has 0 radical (unpaired) electrons. The van der Waals surface area contributed by atoms with Crippen molar-refractivity contribution in [1.82, 2.24) is 14.8 Å². The zero-order valence-electron chi connectivity index (χ0n) is 13.9. The van der Waals surface area contributed by atoms with Crippen LogP contribution in [0.15, 0.2) is 54.9 Å². The van der Waals surface area contributed by atoms with E-state index in [-0.39, 0.29) is 12.1 Å². The Labute approximate surface area is 151 Å². The molecule has 128 valence electrons. The third-order valence-corrected chi connectivity index (χ3v) is 4.83. The van der Waals surface area contributed by atoms with E-state index in [4.69, 9.17) is 16.3 Å². The maximum Gasteiger partial charge on any atom is 0.222 e. The maximum atomic E-state index is 6.43. The molecule has 6 heteroatoms. The second-order valence-electron chi connectivity index (χ2n) is 5.97. The van der Waals surface area contributed by atoms with Gasteiger partial charge in [0.15, 0.2) is 0 Å². The van der Waals surface area contributed by atoms with Gasteiger partial charge in [-0.15, -0.1) is 0 Å². The van der Waals surface area contributed by atoms with Gasteiger partial charge in [0.25, 0.3) is 0 Å². The first-order chi connectivity index (χ1) is 12.3. The van der Waals surface area contributed by atoms with Crippen LogP contribution in [0.1, 0.15) is 36.6 Å². The smallest absolute Gasteiger partial charge is 0.222 e. The summed E-state index contributed by atoms with van der Waals surface area (Å²) in [7, 11) is 0. The van der Waals surface area contributed by atoms with Gasteiger partial charge in [-0.3, -0.25) is 0 Å². The predicted molar refractivity (Wildman–Crippen MR) is 98.2 cm³/mol. The van der Waals surface area contributed by atoms with Crippen LogP contribution in [0.3, 0.4) is 0 Å². The fourth-order valence-corrected chi connectivity index (χ4v) is 3.65. The first-order valence-corrected chi connectivity index (χ1v) is 8.78. The molecular formula is C19H19ClN4O. The molecule has 0 saturated heterocycles. The van der Waals surface area contributed by atoms with Crippen molar-refractivity contribution in [2.75, 3.05) is 11.9 Å². The van der Waals surface area contributed by atoms with Crippen LogP contribution in [-0.4, -0.2) is 21.4 Å². The van der Waals surface area contributed by atoms with Crippen LogP contribution in [0.2, 0.25) is 5.02 Å². The van der Waals surface area contributed by atoms with Gasteiger partial charge in [0, 0.05) is 10.6 Å². The highest BCUT2D eigenvalue weighted by atomic mass is 35.5. The molecule has 4 rings (SSSR count). The third-order valence-electron chi connectivity index (χ3n) is 4.49. The van der Waals surface area contributed by atoms with Crippen molar-refractivity contribution in [3.05, 3.63) is 71.0 Å². The van der Waals surface area contributed by atoms with Gasteiger partial charge in [-0.05, 0) is 31.0 Å². The Morgan fingerprint density at radius 2 is 1.92 bits per heavy atom. The van der Waals surface area contributed by atoms with Crippen molar-refractivity contribution >= 4 is 17.5 Å². The zero-order valence-corrected chi connectivity index (χ0v) is 14.6. The second kappa shape index (κ2) is 6.76. The molecule has 1 aliphatic rings. The quantitative estimate of drug-likeness (QED) is 0.750. The number of halogens is 1.